The van der Waals surface area contributed by atoms with E-state index in [0.717, 1.165) is 6.07 Å². The van der Waals surface area contributed by atoms with Gasteiger partial charge in [-0.3, -0.25) is 19.6 Å². The third-order valence-electron chi connectivity index (χ3n) is 2.83. The molecule has 0 aliphatic carbocycles. The number of nitro groups is 1. The van der Waals surface area contributed by atoms with E-state index in [1.807, 2.05) is 0 Å². The van der Waals surface area contributed by atoms with Gasteiger partial charge in [0.15, 0.2) is 0 Å². The molecule has 0 fully saturated rings. The summed E-state index contributed by atoms with van der Waals surface area (Å²) in [7, 11) is 1.69. The molecule has 0 saturated carbocycles. The Kier molecular flexibility index (Phi) is 4.44. The first kappa shape index (κ1) is 15.3. The monoisotopic (exact) mass is 328 g/mol. The lowest BCUT2D eigenvalue weighted by atomic mass is 10.2. The maximum absolute atomic E-state index is 12.0. The van der Waals surface area contributed by atoms with Gasteiger partial charge in [-0.05, 0) is 12.1 Å². The molecule has 0 unspecified atom stereocenters. The number of halogens is 2. The summed E-state index contributed by atoms with van der Waals surface area (Å²) in [4.78, 5) is 22.1. The molecule has 2 aromatic rings. The van der Waals surface area contributed by atoms with Crippen molar-refractivity contribution < 1.29 is 9.72 Å². The van der Waals surface area contributed by atoms with Gasteiger partial charge < -0.3 is 5.32 Å². The molecule has 0 bridgehead atoms. The van der Waals surface area contributed by atoms with E-state index in [4.69, 9.17) is 23.2 Å². The van der Waals surface area contributed by atoms with Crippen LogP contribution < -0.4 is 5.32 Å². The van der Waals surface area contributed by atoms with Crippen molar-refractivity contribution in [1.82, 2.24) is 15.1 Å². The molecule has 1 amide bonds. The number of benzene rings is 1. The number of rotatable bonds is 4. The zero-order chi connectivity index (χ0) is 15.6. The average molecular weight is 329 g/mol. The lowest BCUT2D eigenvalue weighted by Gasteiger charge is -2.06. The molecule has 1 heterocycles. The number of hydrogen-bond acceptors (Lipinski definition) is 4. The summed E-state index contributed by atoms with van der Waals surface area (Å²) in [5.41, 5.74) is 0.459. The predicted octanol–water partition coefficient (Wildman–Crippen LogP) is 2.57. The molecule has 0 aliphatic rings. The van der Waals surface area contributed by atoms with Crippen molar-refractivity contribution in [2.24, 2.45) is 7.05 Å². The fraction of sp³-hybridized carbons (Fsp3) is 0.167. The Bertz CT molecular complexity index is 695. The minimum Gasteiger partial charge on any atom is -0.346 e. The fourth-order valence-electron chi connectivity index (χ4n) is 1.69. The normalized spacial score (nSPS) is 10.4. The van der Waals surface area contributed by atoms with Gasteiger partial charge in [0.25, 0.3) is 11.6 Å². The van der Waals surface area contributed by atoms with Crippen LogP contribution in [0.1, 0.15) is 16.1 Å². The van der Waals surface area contributed by atoms with Gasteiger partial charge >= 0.3 is 0 Å². The molecule has 0 atom stereocenters. The summed E-state index contributed by atoms with van der Waals surface area (Å²) in [5.74, 6) is -0.466. The van der Waals surface area contributed by atoms with Crippen LogP contribution in [0.25, 0.3) is 0 Å². The Morgan fingerprint density at radius 2 is 2.14 bits per heavy atom. The van der Waals surface area contributed by atoms with Crippen molar-refractivity contribution in [3.63, 3.8) is 0 Å². The third kappa shape index (κ3) is 3.32. The van der Waals surface area contributed by atoms with Crippen molar-refractivity contribution in [2.75, 3.05) is 0 Å². The molecule has 1 aromatic carbocycles. The second kappa shape index (κ2) is 6.11. The topological polar surface area (TPSA) is 90.1 Å². The fourth-order valence-corrected chi connectivity index (χ4v) is 2.11. The van der Waals surface area contributed by atoms with E-state index in [9.17, 15) is 14.9 Å². The minimum atomic E-state index is -0.642. The maximum atomic E-state index is 12.0. The van der Waals surface area contributed by atoms with E-state index < -0.39 is 10.8 Å². The first-order valence-corrected chi connectivity index (χ1v) is 6.54. The number of aryl methyl sites for hydroxylation is 1. The first-order valence-electron chi connectivity index (χ1n) is 5.78. The lowest BCUT2D eigenvalue weighted by molar-refractivity contribution is -0.384. The maximum Gasteiger partial charge on any atom is 0.288 e. The molecule has 2 rings (SSSR count). The number of aromatic nitrogens is 2. The zero-order valence-electron chi connectivity index (χ0n) is 10.8. The molecule has 0 saturated heterocycles. The largest absolute Gasteiger partial charge is 0.346 e. The molecule has 1 aromatic heterocycles. The molecule has 110 valence electrons. The Labute approximate surface area is 129 Å². The zero-order valence-corrected chi connectivity index (χ0v) is 12.4. The summed E-state index contributed by atoms with van der Waals surface area (Å²) in [6.45, 7) is 0.157. The Morgan fingerprint density at radius 1 is 1.43 bits per heavy atom. The quantitative estimate of drug-likeness (QED) is 0.689. The number of carbonyl (C=O) groups is 1. The SMILES string of the molecule is Cn1ncc(Cl)c1CNC(=O)c1ccc(Cl)c([N+](=O)[O-])c1. The number of nitro benzene ring substituents is 1. The number of nitrogens with zero attached hydrogens (tertiary/aromatic N) is 3. The standard InChI is InChI=1S/C12H10Cl2N4O3/c1-17-11(9(14)5-16-17)6-15-12(19)7-2-3-8(13)10(4-7)18(20)21/h2-5H,6H2,1H3,(H,15,19). The third-order valence-corrected chi connectivity index (χ3v) is 3.47. The van der Waals surface area contributed by atoms with Crippen LogP contribution in [-0.4, -0.2) is 20.6 Å². The van der Waals surface area contributed by atoms with Gasteiger partial charge in [0.1, 0.15) is 5.02 Å². The number of nitrogens with one attached hydrogen (secondary N) is 1. The lowest BCUT2D eigenvalue weighted by Crippen LogP contribution is -2.24. The number of hydrogen-bond donors (Lipinski definition) is 1. The first-order chi connectivity index (χ1) is 9.90. The van der Waals surface area contributed by atoms with E-state index in [1.54, 1.807) is 7.05 Å². The van der Waals surface area contributed by atoms with Gasteiger partial charge in [0, 0.05) is 18.7 Å². The molecular formula is C12H10Cl2N4O3. The van der Waals surface area contributed by atoms with Crippen molar-refractivity contribution in [2.45, 2.75) is 6.54 Å². The van der Waals surface area contributed by atoms with E-state index in [0.29, 0.717) is 10.7 Å². The molecule has 0 radical (unpaired) electrons. The second-order valence-electron chi connectivity index (χ2n) is 4.17. The van der Waals surface area contributed by atoms with Crippen LogP contribution in [0.4, 0.5) is 5.69 Å². The van der Waals surface area contributed by atoms with E-state index in [-0.39, 0.29) is 22.8 Å². The van der Waals surface area contributed by atoms with Crippen LogP contribution in [0.3, 0.4) is 0 Å². The van der Waals surface area contributed by atoms with Gasteiger partial charge in [-0.1, -0.05) is 23.2 Å². The molecular weight excluding hydrogens is 319 g/mol. The average Bonchev–Trinajstić information content (AvgIpc) is 2.75. The summed E-state index contributed by atoms with van der Waals surface area (Å²) in [5, 5.41) is 17.8. The summed E-state index contributed by atoms with van der Waals surface area (Å²) < 4.78 is 1.53. The highest BCUT2D eigenvalue weighted by Gasteiger charge is 2.16. The van der Waals surface area contributed by atoms with Crippen molar-refractivity contribution in [3.8, 4) is 0 Å². The molecule has 21 heavy (non-hydrogen) atoms. The van der Waals surface area contributed by atoms with E-state index in [1.165, 1.54) is 23.0 Å². The van der Waals surface area contributed by atoms with Crippen LogP contribution in [0.15, 0.2) is 24.4 Å². The Balaban J connectivity index is 2.14. The summed E-state index contributed by atoms with van der Waals surface area (Å²) in [6, 6.07) is 3.85. The van der Waals surface area contributed by atoms with Gasteiger partial charge in [0.05, 0.1) is 28.4 Å². The van der Waals surface area contributed by atoms with Gasteiger partial charge in [-0.15, -0.1) is 0 Å². The summed E-state index contributed by atoms with van der Waals surface area (Å²) in [6.07, 6.45) is 1.47. The van der Waals surface area contributed by atoms with Gasteiger partial charge in [-0.25, -0.2) is 0 Å². The highest BCUT2D eigenvalue weighted by Crippen LogP contribution is 2.25. The molecule has 9 heteroatoms. The molecule has 0 aliphatic heterocycles. The highest BCUT2D eigenvalue weighted by atomic mass is 35.5. The van der Waals surface area contributed by atoms with E-state index >= 15 is 0 Å². The molecule has 7 nitrogen and oxygen atoms in total. The van der Waals surface area contributed by atoms with Crippen LogP contribution in [-0.2, 0) is 13.6 Å². The van der Waals surface area contributed by atoms with Crippen LogP contribution in [0.2, 0.25) is 10.0 Å². The second-order valence-corrected chi connectivity index (χ2v) is 4.98. The molecule has 1 N–H and O–H groups in total. The Hall–Kier alpha value is -2.12. The van der Waals surface area contributed by atoms with Gasteiger partial charge in [-0.2, -0.15) is 5.10 Å². The predicted molar refractivity (Wildman–Crippen MR) is 77.5 cm³/mol. The molecule has 0 spiro atoms. The number of carbonyl (C=O) groups excluding carboxylic acids is 1. The van der Waals surface area contributed by atoms with Crippen LogP contribution >= 0.6 is 23.2 Å². The van der Waals surface area contributed by atoms with Crippen LogP contribution in [0.5, 0.6) is 0 Å². The van der Waals surface area contributed by atoms with E-state index in [2.05, 4.69) is 10.4 Å². The number of amides is 1. The van der Waals surface area contributed by atoms with Crippen LogP contribution in [0, 0.1) is 10.1 Å². The Morgan fingerprint density at radius 3 is 2.71 bits per heavy atom. The summed E-state index contributed by atoms with van der Waals surface area (Å²) >= 11 is 11.6. The minimum absolute atomic E-state index is 0.0220. The van der Waals surface area contributed by atoms with Crippen molar-refractivity contribution in [3.05, 3.63) is 55.8 Å². The smallest absolute Gasteiger partial charge is 0.288 e. The highest BCUT2D eigenvalue weighted by molar-refractivity contribution is 6.32. The van der Waals surface area contributed by atoms with Crippen molar-refractivity contribution >= 4 is 34.8 Å². The van der Waals surface area contributed by atoms with Crippen molar-refractivity contribution in [1.29, 1.82) is 0 Å². The van der Waals surface area contributed by atoms with Gasteiger partial charge in [0.2, 0.25) is 0 Å².